The van der Waals surface area contributed by atoms with Gasteiger partial charge in [-0.05, 0) is 26.8 Å². The molecule has 0 aliphatic carbocycles. The van der Waals surface area contributed by atoms with E-state index in [1.54, 1.807) is 0 Å². The molecule has 0 aliphatic heterocycles. The molecule has 0 spiro atoms. The lowest BCUT2D eigenvalue weighted by atomic mass is 10.2. The minimum Gasteiger partial charge on any atom is -0.356 e. The third-order valence-electron chi connectivity index (χ3n) is 2.48. The average molecular weight is 280 g/mol. The number of carbonyl (C=O) groups excluding carboxylic acids is 2. The Balaban J connectivity index is 0. The van der Waals surface area contributed by atoms with Gasteiger partial charge in [0.1, 0.15) is 0 Å². The molecule has 0 aliphatic rings. The van der Waals surface area contributed by atoms with Gasteiger partial charge >= 0.3 is 0 Å². The second kappa shape index (κ2) is 12.6. The molecule has 2 amide bonds. The van der Waals surface area contributed by atoms with Gasteiger partial charge in [0, 0.05) is 32.0 Å². The Morgan fingerprint density at radius 1 is 1.11 bits per heavy atom. The number of likely N-dealkylation sites (N-methyl/N-ethyl adjacent to an activating group) is 1. The van der Waals surface area contributed by atoms with Crippen LogP contribution in [0.1, 0.15) is 39.5 Å². The molecule has 0 fully saturated rings. The first kappa shape index (κ1) is 19.5. The van der Waals surface area contributed by atoms with Gasteiger partial charge in [-0.2, -0.15) is 0 Å². The number of carbonyl (C=O) groups is 2. The van der Waals surface area contributed by atoms with Crippen molar-refractivity contribution in [2.24, 2.45) is 0 Å². The van der Waals surface area contributed by atoms with E-state index in [1.807, 2.05) is 20.9 Å². The maximum atomic E-state index is 11.4. The number of halogens is 1. The van der Waals surface area contributed by atoms with E-state index in [2.05, 4.69) is 16.0 Å². The highest BCUT2D eigenvalue weighted by atomic mass is 35.5. The van der Waals surface area contributed by atoms with Crippen LogP contribution in [0, 0.1) is 0 Å². The van der Waals surface area contributed by atoms with Crippen LogP contribution in [0.2, 0.25) is 0 Å². The fourth-order valence-corrected chi connectivity index (χ4v) is 1.22. The fraction of sp³-hybridized carbons (Fsp3) is 0.833. The Labute approximate surface area is 116 Å². The first-order chi connectivity index (χ1) is 8.10. The lowest BCUT2D eigenvalue weighted by Gasteiger charge is -2.11. The molecule has 0 aromatic rings. The Morgan fingerprint density at radius 2 is 1.67 bits per heavy atom. The second-order valence-corrected chi connectivity index (χ2v) is 4.20. The zero-order valence-electron chi connectivity index (χ0n) is 11.5. The second-order valence-electron chi connectivity index (χ2n) is 4.20. The third kappa shape index (κ3) is 11.7. The molecule has 0 aromatic heterocycles. The number of hydrogen-bond acceptors (Lipinski definition) is 3. The minimum absolute atomic E-state index is 0. The number of amides is 2. The van der Waals surface area contributed by atoms with Gasteiger partial charge in [0.25, 0.3) is 0 Å². The summed E-state index contributed by atoms with van der Waals surface area (Å²) in [5, 5.41) is 8.64. The molecule has 18 heavy (non-hydrogen) atoms. The van der Waals surface area contributed by atoms with Crippen molar-refractivity contribution < 1.29 is 9.59 Å². The van der Waals surface area contributed by atoms with Crippen LogP contribution in [0.15, 0.2) is 0 Å². The van der Waals surface area contributed by atoms with Crippen molar-refractivity contribution in [2.45, 2.75) is 45.6 Å². The molecule has 0 bridgehead atoms. The van der Waals surface area contributed by atoms with Gasteiger partial charge in [-0.1, -0.05) is 6.92 Å². The fourth-order valence-electron chi connectivity index (χ4n) is 1.22. The van der Waals surface area contributed by atoms with Crippen LogP contribution in [0.3, 0.4) is 0 Å². The highest BCUT2D eigenvalue weighted by Gasteiger charge is 2.05. The monoisotopic (exact) mass is 279 g/mol. The standard InChI is InChI=1S/C12H25N3O2.ClH/c1-4-8-14-11(16)6-5-7-12(17)15-9-10(2)13-3;/h10,13H,4-9H2,1-3H3,(H,14,16)(H,15,17);1H. The SMILES string of the molecule is CCCNC(=O)CCCC(=O)NCC(C)NC.Cl. The lowest BCUT2D eigenvalue weighted by Crippen LogP contribution is -2.37. The summed E-state index contributed by atoms with van der Waals surface area (Å²) in [6.07, 6.45) is 2.38. The summed E-state index contributed by atoms with van der Waals surface area (Å²) in [7, 11) is 1.86. The van der Waals surface area contributed by atoms with E-state index in [9.17, 15) is 9.59 Å². The molecule has 0 radical (unpaired) electrons. The van der Waals surface area contributed by atoms with Crippen LogP contribution in [0.25, 0.3) is 0 Å². The van der Waals surface area contributed by atoms with Crippen LogP contribution in [0.5, 0.6) is 0 Å². The predicted molar refractivity (Wildman–Crippen MR) is 75.9 cm³/mol. The number of hydrogen-bond donors (Lipinski definition) is 3. The van der Waals surface area contributed by atoms with Crippen LogP contribution in [-0.4, -0.2) is 38.0 Å². The van der Waals surface area contributed by atoms with Crippen LogP contribution >= 0.6 is 12.4 Å². The Kier molecular flexibility index (Phi) is 13.7. The van der Waals surface area contributed by atoms with Crippen molar-refractivity contribution in [3.05, 3.63) is 0 Å². The molecular weight excluding hydrogens is 254 g/mol. The quantitative estimate of drug-likeness (QED) is 0.585. The molecule has 0 saturated heterocycles. The summed E-state index contributed by atoms with van der Waals surface area (Å²) >= 11 is 0. The predicted octanol–water partition coefficient (Wildman–Crippen LogP) is 0.829. The highest BCUT2D eigenvalue weighted by molar-refractivity contribution is 5.85. The van der Waals surface area contributed by atoms with Gasteiger partial charge in [0.05, 0.1) is 0 Å². The maximum Gasteiger partial charge on any atom is 0.220 e. The zero-order chi connectivity index (χ0) is 13.1. The zero-order valence-corrected chi connectivity index (χ0v) is 12.4. The van der Waals surface area contributed by atoms with Crippen LogP contribution in [-0.2, 0) is 9.59 Å². The van der Waals surface area contributed by atoms with Gasteiger partial charge in [-0.15, -0.1) is 12.4 Å². The molecule has 6 heteroatoms. The first-order valence-corrected chi connectivity index (χ1v) is 6.30. The lowest BCUT2D eigenvalue weighted by molar-refractivity contribution is -0.122. The van der Waals surface area contributed by atoms with Crippen molar-refractivity contribution in [2.75, 3.05) is 20.1 Å². The summed E-state index contributed by atoms with van der Waals surface area (Å²) in [5.74, 6) is 0.0404. The van der Waals surface area contributed by atoms with Crippen LogP contribution in [0.4, 0.5) is 0 Å². The van der Waals surface area contributed by atoms with Crippen molar-refractivity contribution in [3.63, 3.8) is 0 Å². The van der Waals surface area contributed by atoms with Crippen molar-refractivity contribution >= 4 is 24.2 Å². The summed E-state index contributed by atoms with van der Waals surface area (Å²) in [6.45, 7) is 5.34. The van der Waals surface area contributed by atoms with Crippen molar-refractivity contribution in [3.8, 4) is 0 Å². The molecule has 1 atom stereocenters. The summed E-state index contributed by atoms with van der Waals surface area (Å²) in [4.78, 5) is 22.6. The van der Waals surface area contributed by atoms with Crippen LogP contribution < -0.4 is 16.0 Å². The molecule has 0 aromatic carbocycles. The van der Waals surface area contributed by atoms with Gasteiger partial charge in [0.2, 0.25) is 11.8 Å². The van der Waals surface area contributed by atoms with Crippen molar-refractivity contribution in [1.29, 1.82) is 0 Å². The van der Waals surface area contributed by atoms with Crippen molar-refractivity contribution in [1.82, 2.24) is 16.0 Å². The Hall–Kier alpha value is -0.810. The van der Waals surface area contributed by atoms with Gasteiger partial charge in [-0.3, -0.25) is 9.59 Å². The van der Waals surface area contributed by atoms with Gasteiger partial charge in [-0.25, -0.2) is 0 Å². The van der Waals surface area contributed by atoms with Gasteiger partial charge in [0.15, 0.2) is 0 Å². The number of rotatable bonds is 9. The van der Waals surface area contributed by atoms with E-state index in [-0.39, 0.29) is 30.3 Å². The highest BCUT2D eigenvalue weighted by Crippen LogP contribution is 1.95. The van der Waals surface area contributed by atoms with Gasteiger partial charge < -0.3 is 16.0 Å². The molecule has 5 nitrogen and oxygen atoms in total. The number of nitrogens with one attached hydrogen (secondary N) is 3. The third-order valence-corrected chi connectivity index (χ3v) is 2.48. The van der Waals surface area contributed by atoms with E-state index >= 15 is 0 Å². The molecule has 3 N–H and O–H groups in total. The first-order valence-electron chi connectivity index (χ1n) is 6.30. The largest absolute Gasteiger partial charge is 0.356 e. The maximum absolute atomic E-state index is 11.4. The van der Waals surface area contributed by atoms with E-state index in [1.165, 1.54) is 0 Å². The smallest absolute Gasteiger partial charge is 0.220 e. The van der Waals surface area contributed by atoms with E-state index in [0.29, 0.717) is 32.4 Å². The Bertz CT molecular complexity index is 237. The molecule has 108 valence electrons. The Morgan fingerprint density at radius 3 is 2.17 bits per heavy atom. The molecular formula is C12H26ClN3O2. The van der Waals surface area contributed by atoms with E-state index in [4.69, 9.17) is 0 Å². The minimum atomic E-state index is 0. The summed E-state index contributed by atoms with van der Waals surface area (Å²) < 4.78 is 0. The normalized spacial score (nSPS) is 11.3. The molecule has 0 rings (SSSR count). The topological polar surface area (TPSA) is 70.2 Å². The van der Waals surface area contributed by atoms with E-state index in [0.717, 1.165) is 6.42 Å². The summed E-state index contributed by atoms with van der Waals surface area (Å²) in [6, 6.07) is 0.270. The van der Waals surface area contributed by atoms with E-state index < -0.39 is 0 Å². The summed E-state index contributed by atoms with van der Waals surface area (Å²) in [5.41, 5.74) is 0. The molecule has 0 heterocycles. The molecule has 0 saturated carbocycles. The average Bonchev–Trinajstić information content (AvgIpc) is 2.33. The molecule has 1 unspecified atom stereocenters.